The molecule has 2 N–H and O–H groups in total. The predicted octanol–water partition coefficient (Wildman–Crippen LogP) is 2.81. The van der Waals surface area contributed by atoms with Crippen LogP contribution in [0.3, 0.4) is 0 Å². The van der Waals surface area contributed by atoms with E-state index in [1.807, 2.05) is 6.07 Å². The molecule has 0 aliphatic heterocycles. The highest BCUT2D eigenvalue weighted by molar-refractivity contribution is 5.87. The molecule has 6 nitrogen and oxygen atoms in total. The zero-order valence-electron chi connectivity index (χ0n) is 14.4. The van der Waals surface area contributed by atoms with Gasteiger partial charge in [-0.3, -0.25) is 9.80 Å². The Balaban J connectivity index is 2.05. The van der Waals surface area contributed by atoms with Gasteiger partial charge in [-0.25, -0.2) is 9.97 Å². The molecule has 1 aromatic carbocycles. The quantitative estimate of drug-likeness (QED) is 0.796. The van der Waals surface area contributed by atoms with E-state index in [4.69, 9.17) is 5.73 Å². The van der Waals surface area contributed by atoms with Crippen molar-refractivity contribution in [1.82, 2.24) is 14.6 Å². The molecule has 0 radical (unpaired) electrons. The number of rotatable bonds is 3. The smallest absolute Gasteiger partial charge is 0.273 e. The Morgan fingerprint density at radius 3 is 2.60 bits per heavy atom. The fourth-order valence-corrected chi connectivity index (χ4v) is 3.52. The summed E-state index contributed by atoms with van der Waals surface area (Å²) in [5.74, 6) is 0. The van der Waals surface area contributed by atoms with Crippen LogP contribution in [0.15, 0.2) is 41.6 Å². The lowest BCUT2D eigenvalue weighted by atomic mass is 9.91. The molecule has 0 saturated heterocycles. The summed E-state index contributed by atoms with van der Waals surface area (Å²) in [5, 5.41) is 2.81. The normalized spacial score (nSPS) is 14.5. The zero-order chi connectivity index (χ0) is 17.6. The van der Waals surface area contributed by atoms with E-state index in [-0.39, 0.29) is 11.6 Å². The fourth-order valence-electron chi connectivity index (χ4n) is 3.52. The highest BCUT2D eigenvalue weighted by Gasteiger charge is 2.30. The van der Waals surface area contributed by atoms with Crippen molar-refractivity contribution in [2.75, 3.05) is 10.7 Å². The van der Waals surface area contributed by atoms with Gasteiger partial charge in [0.05, 0.1) is 17.1 Å². The summed E-state index contributed by atoms with van der Waals surface area (Å²) >= 11 is 0. The number of aromatic nitrogens is 3. The third kappa shape index (κ3) is 2.45. The van der Waals surface area contributed by atoms with Crippen molar-refractivity contribution < 1.29 is 0 Å². The number of nitrogens with two attached hydrogens (primary N) is 1. The third-order valence-corrected chi connectivity index (χ3v) is 5.00. The number of hydrogen-bond donors (Lipinski definition) is 1. The monoisotopic (exact) mass is 335 g/mol. The Kier molecular flexibility index (Phi) is 3.67. The molecular weight excluding hydrogens is 314 g/mol. The van der Waals surface area contributed by atoms with Gasteiger partial charge in [0.15, 0.2) is 5.65 Å². The Labute approximate surface area is 145 Å². The first-order valence-corrected chi connectivity index (χ1v) is 8.55. The number of aryl methyl sites for hydroxylation is 2. The van der Waals surface area contributed by atoms with Crippen LogP contribution in [-0.4, -0.2) is 20.7 Å². The molecule has 0 amide bonds. The lowest BCUT2D eigenvalue weighted by Crippen LogP contribution is -2.49. The average Bonchev–Trinajstić information content (AvgIpc) is 2.53. The van der Waals surface area contributed by atoms with Gasteiger partial charge in [0.25, 0.3) is 5.56 Å². The SMILES string of the molecule is Cc1cccc(C)c1N(C1CCC1)n1c(=O)cc(N)c2cncnc21. The molecule has 0 unspecified atom stereocenters. The average molecular weight is 335 g/mol. The molecule has 1 aliphatic rings. The second kappa shape index (κ2) is 5.88. The highest BCUT2D eigenvalue weighted by atomic mass is 16.1. The van der Waals surface area contributed by atoms with Crippen LogP contribution in [0.4, 0.5) is 11.4 Å². The highest BCUT2D eigenvalue weighted by Crippen LogP contribution is 2.34. The molecule has 1 saturated carbocycles. The second-order valence-corrected chi connectivity index (χ2v) is 6.68. The van der Waals surface area contributed by atoms with Gasteiger partial charge in [0, 0.05) is 18.0 Å². The van der Waals surface area contributed by atoms with E-state index in [2.05, 4.69) is 41.0 Å². The summed E-state index contributed by atoms with van der Waals surface area (Å²) < 4.78 is 1.67. The van der Waals surface area contributed by atoms with E-state index < -0.39 is 0 Å². The number of para-hydroxylation sites is 1. The van der Waals surface area contributed by atoms with Gasteiger partial charge in [-0.1, -0.05) is 18.2 Å². The van der Waals surface area contributed by atoms with E-state index in [0.717, 1.165) is 29.7 Å². The van der Waals surface area contributed by atoms with Gasteiger partial charge in [-0.15, -0.1) is 0 Å². The Morgan fingerprint density at radius 1 is 1.24 bits per heavy atom. The van der Waals surface area contributed by atoms with Crippen molar-refractivity contribution in [1.29, 1.82) is 0 Å². The molecule has 2 aromatic heterocycles. The van der Waals surface area contributed by atoms with Crippen molar-refractivity contribution in [2.45, 2.75) is 39.2 Å². The molecule has 4 rings (SSSR count). The molecule has 0 bridgehead atoms. The Hall–Kier alpha value is -2.89. The molecule has 2 heterocycles. The van der Waals surface area contributed by atoms with E-state index in [9.17, 15) is 4.79 Å². The summed E-state index contributed by atoms with van der Waals surface area (Å²) in [6.45, 7) is 4.15. The van der Waals surface area contributed by atoms with Gasteiger partial charge < -0.3 is 5.73 Å². The number of fused-ring (bicyclic) bond motifs is 1. The molecule has 1 aliphatic carbocycles. The molecule has 0 spiro atoms. The Bertz CT molecular complexity index is 986. The Morgan fingerprint density at radius 2 is 1.96 bits per heavy atom. The van der Waals surface area contributed by atoms with Crippen LogP contribution < -0.4 is 16.3 Å². The summed E-state index contributed by atoms with van der Waals surface area (Å²) in [6, 6.07) is 7.93. The van der Waals surface area contributed by atoms with Gasteiger partial charge in [0.2, 0.25) is 0 Å². The van der Waals surface area contributed by atoms with Gasteiger partial charge in [0.1, 0.15) is 6.33 Å². The van der Waals surface area contributed by atoms with E-state index in [1.54, 1.807) is 10.9 Å². The minimum atomic E-state index is -0.168. The number of nitrogen functional groups attached to an aromatic ring is 1. The zero-order valence-corrected chi connectivity index (χ0v) is 14.4. The van der Waals surface area contributed by atoms with Crippen LogP contribution >= 0.6 is 0 Å². The van der Waals surface area contributed by atoms with Crippen LogP contribution in [0.2, 0.25) is 0 Å². The van der Waals surface area contributed by atoms with Crippen LogP contribution in [0.1, 0.15) is 30.4 Å². The second-order valence-electron chi connectivity index (χ2n) is 6.68. The van der Waals surface area contributed by atoms with Crippen LogP contribution in [0.25, 0.3) is 11.0 Å². The molecular formula is C19H21N5O. The van der Waals surface area contributed by atoms with Crippen molar-refractivity contribution in [3.05, 3.63) is 58.3 Å². The van der Waals surface area contributed by atoms with E-state index in [0.29, 0.717) is 16.7 Å². The molecule has 0 atom stereocenters. The largest absolute Gasteiger partial charge is 0.398 e. The molecule has 1 fully saturated rings. The standard InChI is InChI=1S/C19H21N5O/c1-12-5-3-6-13(2)18(12)23(14-7-4-8-14)24-17(25)9-16(20)15-10-21-11-22-19(15)24/h3,5-6,9-11,14H,4,7-8,20H2,1-2H3. The third-order valence-electron chi connectivity index (χ3n) is 5.00. The summed E-state index contributed by atoms with van der Waals surface area (Å²) in [4.78, 5) is 21.4. The predicted molar refractivity (Wildman–Crippen MR) is 99.6 cm³/mol. The molecule has 25 heavy (non-hydrogen) atoms. The first-order chi connectivity index (χ1) is 12.1. The summed E-state index contributed by atoms with van der Waals surface area (Å²) in [7, 11) is 0. The van der Waals surface area contributed by atoms with Crippen molar-refractivity contribution in [3.8, 4) is 0 Å². The van der Waals surface area contributed by atoms with Gasteiger partial charge in [-0.05, 0) is 44.2 Å². The maximum Gasteiger partial charge on any atom is 0.273 e. The molecule has 6 heteroatoms. The van der Waals surface area contributed by atoms with E-state index in [1.165, 1.54) is 18.8 Å². The van der Waals surface area contributed by atoms with Crippen molar-refractivity contribution in [2.24, 2.45) is 0 Å². The van der Waals surface area contributed by atoms with Crippen LogP contribution in [-0.2, 0) is 0 Å². The number of hydrogen-bond acceptors (Lipinski definition) is 5. The van der Waals surface area contributed by atoms with Gasteiger partial charge >= 0.3 is 0 Å². The minimum absolute atomic E-state index is 0.168. The first kappa shape index (κ1) is 15.6. The topological polar surface area (TPSA) is 77.0 Å². The lowest BCUT2D eigenvalue weighted by molar-refractivity contribution is 0.363. The molecule has 3 aromatic rings. The van der Waals surface area contributed by atoms with Crippen LogP contribution in [0, 0.1) is 13.8 Å². The maximum absolute atomic E-state index is 12.9. The minimum Gasteiger partial charge on any atom is -0.398 e. The number of pyridine rings is 1. The van der Waals surface area contributed by atoms with Crippen LogP contribution in [0.5, 0.6) is 0 Å². The van der Waals surface area contributed by atoms with E-state index >= 15 is 0 Å². The number of benzene rings is 1. The number of anilines is 2. The maximum atomic E-state index is 12.9. The first-order valence-electron chi connectivity index (χ1n) is 8.55. The summed E-state index contributed by atoms with van der Waals surface area (Å²) in [5.41, 5.74) is 10.2. The van der Waals surface area contributed by atoms with Crippen molar-refractivity contribution >= 4 is 22.4 Å². The summed E-state index contributed by atoms with van der Waals surface area (Å²) in [6.07, 6.45) is 6.40. The number of nitrogens with zero attached hydrogens (tertiary/aromatic N) is 4. The lowest BCUT2D eigenvalue weighted by Gasteiger charge is -2.41. The molecule has 128 valence electrons. The van der Waals surface area contributed by atoms with Crippen molar-refractivity contribution in [3.63, 3.8) is 0 Å². The van der Waals surface area contributed by atoms with Gasteiger partial charge in [-0.2, -0.15) is 4.68 Å². The fraction of sp³-hybridized carbons (Fsp3) is 0.316.